The van der Waals surface area contributed by atoms with Crippen LogP contribution in [0.2, 0.25) is 5.02 Å². The maximum atomic E-state index is 13.2. The molecule has 0 aliphatic heterocycles. The summed E-state index contributed by atoms with van der Waals surface area (Å²) < 4.78 is 1.52. The Balaban J connectivity index is 1.88. The highest BCUT2D eigenvalue weighted by molar-refractivity contribution is 6.31. The molecule has 144 valence electrons. The minimum Gasteiger partial charge on any atom is -0.332 e. The largest absolute Gasteiger partial charge is 0.332 e. The number of carbonyl (C=O) groups excluding carboxylic acids is 1. The van der Waals surface area contributed by atoms with Crippen LogP contribution in [-0.4, -0.2) is 21.4 Å². The van der Waals surface area contributed by atoms with Gasteiger partial charge in [0, 0.05) is 29.9 Å². The molecule has 5 heteroatoms. The van der Waals surface area contributed by atoms with Crippen LogP contribution >= 0.6 is 11.6 Å². The zero-order valence-corrected chi connectivity index (χ0v) is 16.8. The lowest BCUT2D eigenvalue weighted by Gasteiger charge is -2.27. The van der Waals surface area contributed by atoms with Gasteiger partial charge in [-0.25, -0.2) is 0 Å². The highest BCUT2D eigenvalue weighted by Gasteiger charge is 2.20. The first-order valence-electron chi connectivity index (χ1n) is 9.24. The fourth-order valence-corrected chi connectivity index (χ4v) is 3.22. The van der Waals surface area contributed by atoms with Crippen molar-refractivity contribution < 1.29 is 4.79 Å². The molecular weight excluding hydrogens is 372 g/mol. The summed E-state index contributed by atoms with van der Waals surface area (Å²) in [5, 5.41) is 0.596. The summed E-state index contributed by atoms with van der Waals surface area (Å²) in [6.45, 7) is 4.81. The number of amides is 1. The molecule has 4 nitrogen and oxygen atoms in total. The average molecular weight is 395 g/mol. The third-order valence-electron chi connectivity index (χ3n) is 4.61. The summed E-state index contributed by atoms with van der Waals surface area (Å²) in [5.74, 6) is -0.105. The van der Waals surface area contributed by atoms with E-state index in [1.54, 1.807) is 23.2 Å². The van der Waals surface area contributed by atoms with E-state index < -0.39 is 0 Å². The van der Waals surface area contributed by atoms with E-state index in [2.05, 4.69) is 0 Å². The van der Waals surface area contributed by atoms with Crippen LogP contribution in [0.5, 0.6) is 0 Å². The maximum Gasteiger partial charge on any atom is 0.255 e. The van der Waals surface area contributed by atoms with Gasteiger partial charge in [0.1, 0.15) is 0 Å². The predicted molar refractivity (Wildman–Crippen MR) is 113 cm³/mol. The van der Waals surface area contributed by atoms with Crippen molar-refractivity contribution in [2.45, 2.75) is 33.0 Å². The van der Waals surface area contributed by atoms with E-state index in [0.717, 1.165) is 11.1 Å². The molecule has 2 aromatic carbocycles. The van der Waals surface area contributed by atoms with Crippen molar-refractivity contribution in [3.8, 4) is 0 Å². The van der Waals surface area contributed by atoms with Gasteiger partial charge in [-0.3, -0.25) is 9.59 Å². The number of carbonyl (C=O) groups is 1. The molecule has 0 radical (unpaired) electrons. The molecule has 1 heterocycles. The van der Waals surface area contributed by atoms with Crippen molar-refractivity contribution in [3.63, 3.8) is 0 Å². The zero-order valence-electron chi connectivity index (χ0n) is 16.0. The number of aromatic nitrogens is 1. The van der Waals surface area contributed by atoms with Crippen LogP contribution in [0.1, 0.15) is 35.3 Å². The van der Waals surface area contributed by atoms with Gasteiger partial charge in [-0.15, -0.1) is 0 Å². The summed E-state index contributed by atoms with van der Waals surface area (Å²) in [5.41, 5.74) is 2.21. The lowest BCUT2D eigenvalue weighted by atomic mass is 10.1. The van der Waals surface area contributed by atoms with E-state index >= 15 is 0 Å². The molecule has 3 rings (SSSR count). The van der Waals surface area contributed by atoms with Crippen LogP contribution in [0.15, 0.2) is 77.7 Å². The van der Waals surface area contributed by atoms with Crippen molar-refractivity contribution in [1.29, 1.82) is 0 Å². The highest BCUT2D eigenvalue weighted by Crippen LogP contribution is 2.17. The van der Waals surface area contributed by atoms with Gasteiger partial charge in [0.15, 0.2) is 0 Å². The summed E-state index contributed by atoms with van der Waals surface area (Å²) in [6.07, 6.45) is 1.62. The molecule has 0 bridgehead atoms. The minimum atomic E-state index is -0.171. The van der Waals surface area contributed by atoms with Crippen LogP contribution in [0.3, 0.4) is 0 Å². The summed E-state index contributed by atoms with van der Waals surface area (Å²) in [4.78, 5) is 27.3. The fourth-order valence-electron chi connectivity index (χ4n) is 3.03. The van der Waals surface area contributed by atoms with E-state index in [4.69, 9.17) is 11.6 Å². The molecule has 1 aromatic heterocycles. The Hall–Kier alpha value is -2.85. The highest BCUT2D eigenvalue weighted by atomic mass is 35.5. The van der Waals surface area contributed by atoms with Gasteiger partial charge in [-0.05, 0) is 37.1 Å². The number of nitrogens with zero attached hydrogens (tertiary/aromatic N) is 2. The molecule has 0 saturated heterocycles. The van der Waals surface area contributed by atoms with Crippen LogP contribution < -0.4 is 5.56 Å². The second kappa shape index (κ2) is 8.89. The SMILES string of the molecule is CC(C)N(Cc1ccccc1)C(=O)c1ccc(=O)n(Cc2ccccc2Cl)c1. The zero-order chi connectivity index (χ0) is 20.1. The molecular formula is C23H23ClN2O2. The molecule has 0 aliphatic rings. The average Bonchev–Trinajstić information content (AvgIpc) is 2.69. The molecule has 0 atom stereocenters. The normalized spacial score (nSPS) is 10.9. The van der Waals surface area contributed by atoms with Crippen LogP contribution in [0.25, 0.3) is 0 Å². The number of benzene rings is 2. The smallest absolute Gasteiger partial charge is 0.255 e. The number of hydrogen-bond donors (Lipinski definition) is 0. The molecule has 3 aromatic rings. The van der Waals surface area contributed by atoms with Gasteiger partial charge in [-0.1, -0.05) is 60.1 Å². The topological polar surface area (TPSA) is 42.3 Å². The standard InChI is InChI=1S/C23H23ClN2O2/c1-17(2)26(14-18-8-4-3-5-9-18)23(28)20-12-13-22(27)25(16-20)15-19-10-6-7-11-21(19)24/h3-13,16-17H,14-15H2,1-2H3. The van der Waals surface area contributed by atoms with Gasteiger partial charge in [0.05, 0.1) is 12.1 Å². The van der Waals surface area contributed by atoms with Crippen molar-refractivity contribution in [1.82, 2.24) is 9.47 Å². The summed E-state index contributed by atoms with van der Waals surface area (Å²) >= 11 is 6.22. The second-order valence-electron chi connectivity index (χ2n) is 6.99. The van der Waals surface area contributed by atoms with E-state index in [9.17, 15) is 9.59 Å². The predicted octanol–water partition coefficient (Wildman–Crippen LogP) is 4.60. The van der Waals surface area contributed by atoms with Gasteiger partial charge < -0.3 is 9.47 Å². The molecule has 28 heavy (non-hydrogen) atoms. The number of hydrogen-bond acceptors (Lipinski definition) is 2. The van der Waals surface area contributed by atoms with E-state index in [1.807, 2.05) is 62.4 Å². The molecule has 0 saturated carbocycles. The van der Waals surface area contributed by atoms with Crippen LogP contribution in [0.4, 0.5) is 0 Å². The minimum absolute atomic E-state index is 0.0247. The summed E-state index contributed by atoms with van der Waals surface area (Å²) in [6, 6.07) is 20.3. The van der Waals surface area contributed by atoms with Gasteiger partial charge in [0.2, 0.25) is 0 Å². The molecule has 1 amide bonds. The Morgan fingerprint density at radius 2 is 1.68 bits per heavy atom. The molecule has 0 spiro atoms. The fraction of sp³-hybridized carbons (Fsp3) is 0.217. The maximum absolute atomic E-state index is 13.2. The molecule has 0 aliphatic carbocycles. The first kappa shape index (κ1) is 19.9. The van der Waals surface area contributed by atoms with E-state index in [1.165, 1.54) is 10.6 Å². The third kappa shape index (κ3) is 4.70. The van der Waals surface area contributed by atoms with Crippen molar-refractivity contribution in [2.75, 3.05) is 0 Å². The lowest BCUT2D eigenvalue weighted by Crippen LogP contribution is -2.37. The van der Waals surface area contributed by atoms with E-state index in [0.29, 0.717) is 23.7 Å². The number of pyridine rings is 1. The lowest BCUT2D eigenvalue weighted by molar-refractivity contribution is 0.0689. The Morgan fingerprint density at radius 1 is 1.00 bits per heavy atom. The monoisotopic (exact) mass is 394 g/mol. The Morgan fingerprint density at radius 3 is 2.36 bits per heavy atom. The first-order valence-corrected chi connectivity index (χ1v) is 9.62. The van der Waals surface area contributed by atoms with Crippen LogP contribution in [-0.2, 0) is 13.1 Å². The van der Waals surface area contributed by atoms with Crippen LogP contribution in [0, 0.1) is 0 Å². The number of halogens is 1. The first-order chi connectivity index (χ1) is 13.5. The number of rotatable bonds is 6. The third-order valence-corrected chi connectivity index (χ3v) is 4.98. The molecule has 0 unspecified atom stereocenters. The van der Waals surface area contributed by atoms with Crippen molar-refractivity contribution in [2.24, 2.45) is 0 Å². The Kier molecular flexibility index (Phi) is 6.32. The van der Waals surface area contributed by atoms with Gasteiger partial charge in [-0.2, -0.15) is 0 Å². The van der Waals surface area contributed by atoms with Crippen molar-refractivity contribution >= 4 is 17.5 Å². The van der Waals surface area contributed by atoms with Gasteiger partial charge in [0.25, 0.3) is 11.5 Å². The molecule has 0 fully saturated rings. The Bertz CT molecular complexity index is 1010. The summed E-state index contributed by atoms with van der Waals surface area (Å²) in [7, 11) is 0. The van der Waals surface area contributed by atoms with Crippen molar-refractivity contribution in [3.05, 3.63) is 105 Å². The van der Waals surface area contributed by atoms with E-state index in [-0.39, 0.29) is 17.5 Å². The van der Waals surface area contributed by atoms with Gasteiger partial charge >= 0.3 is 0 Å². The second-order valence-corrected chi connectivity index (χ2v) is 7.39. The quantitative estimate of drug-likeness (QED) is 0.613. The Labute approximate surface area is 170 Å². The molecule has 0 N–H and O–H groups in total.